The highest BCUT2D eigenvalue weighted by atomic mass is 16.6. The van der Waals surface area contributed by atoms with Crippen LogP contribution in [0.2, 0.25) is 0 Å². The van der Waals surface area contributed by atoms with E-state index in [2.05, 4.69) is 26.3 Å². The lowest BCUT2D eigenvalue weighted by molar-refractivity contribution is -0.114. The minimum atomic E-state index is -0.549. The zero-order valence-corrected chi connectivity index (χ0v) is 19.0. The highest BCUT2D eigenvalue weighted by Crippen LogP contribution is 2.17. The van der Waals surface area contributed by atoms with E-state index in [0.29, 0.717) is 37.1 Å². The van der Waals surface area contributed by atoms with E-state index in [1.54, 1.807) is 19.2 Å². The van der Waals surface area contributed by atoms with Crippen LogP contribution in [-0.2, 0) is 9.53 Å². The van der Waals surface area contributed by atoms with Gasteiger partial charge in [-0.3, -0.25) is 9.79 Å². The Morgan fingerprint density at radius 2 is 1.80 bits per heavy atom. The van der Waals surface area contributed by atoms with Crippen molar-refractivity contribution in [3.63, 3.8) is 0 Å². The maximum absolute atomic E-state index is 12.0. The van der Waals surface area contributed by atoms with Crippen molar-refractivity contribution in [2.75, 3.05) is 32.1 Å². The average Bonchev–Trinajstić information content (AvgIpc) is 2.58. The summed E-state index contributed by atoms with van der Waals surface area (Å²) in [7, 11) is 1.67. The first-order valence-corrected chi connectivity index (χ1v) is 9.86. The van der Waals surface area contributed by atoms with Crippen molar-refractivity contribution in [1.82, 2.24) is 16.0 Å². The van der Waals surface area contributed by atoms with Crippen LogP contribution >= 0.6 is 0 Å². The fraction of sp³-hybridized carbons (Fsp3) is 0.571. The predicted octanol–water partition coefficient (Wildman–Crippen LogP) is 2.49. The van der Waals surface area contributed by atoms with Gasteiger partial charge < -0.3 is 30.7 Å². The number of carbonyl (C=O) groups is 2. The number of nitrogens with one attached hydrogen (secondary N) is 4. The first-order chi connectivity index (χ1) is 13.9. The molecule has 0 unspecified atom stereocenters. The van der Waals surface area contributed by atoms with Crippen LogP contribution in [0.5, 0.6) is 5.75 Å². The van der Waals surface area contributed by atoms with Gasteiger partial charge >= 0.3 is 6.09 Å². The molecule has 1 aromatic rings. The van der Waals surface area contributed by atoms with Crippen molar-refractivity contribution in [3.8, 4) is 5.75 Å². The summed E-state index contributed by atoms with van der Waals surface area (Å²) in [6.45, 7) is 12.1. The van der Waals surface area contributed by atoms with Crippen molar-refractivity contribution in [2.45, 2.75) is 52.7 Å². The van der Waals surface area contributed by atoms with Crippen LogP contribution in [0.3, 0.4) is 0 Å². The maximum Gasteiger partial charge on any atom is 0.408 e. The summed E-state index contributed by atoms with van der Waals surface area (Å²) in [5.41, 5.74) is -0.405. The summed E-state index contributed by atoms with van der Waals surface area (Å²) < 4.78 is 11.0. The van der Waals surface area contributed by atoms with E-state index in [1.165, 1.54) is 6.92 Å². The molecule has 0 bridgehead atoms. The molecule has 0 fully saturated rings. The molecule has 0 aliphatic heterocycles. The van der Waals surface area contributed by atoms with Crippen LogP contribution in [0.4, 0.5) is 10.5 Å². The number of nitrogens with zero attached hydrogens (tertiary/aromatic N) is 1. The van der Waals surface area contributed by atoms with Gasteiger partial charge in [-0.15, -0.1) is 0 Å². The number of amides is 2. The van der Waals surface area contributed by atoms with Gasteiger partial charge in [0.25, 0.3) is 0 Å². The molecule has 1 aromatic carbocycles. The molecule has 168 valence electrons. The Morgan fingerprint density at radius 3 is 2.40 bits per heavy atom. The van der Waals surface area contributed by atoms with Gasteiger partial charge in [0.2, 0.25) is 5.91 Å². The molecule has 0 aliphatic carbocycles. The lowest BCUT2D eigenvalue weighted by Gasteiger charge is -2.29. The smallest absolute Gasteiger partial charge is 0.408 e. The van der Waals surface area contributed by atoms with Crippen molar-refractivity contribution < 1.29 is 19.1 Å². The summed E-state index contributed by atoms with van der Waals surface area (Å²) in [5.74, 6) is 1.12. The lowest BCUT2D eigenvalue weighted by atomic mass is 10.1. The second-order valence-corrected chi connectivity index (χ2v) is 8.42. The first-order valence-electron chi connectivity index (χ1n) is 9.86. The van der Waals surface area contributed by atoms with Gasteiger partial charge in [-0.2, -0.15) is 0 Å². The summed E-state index contributed by atoms with van der Waals surface area (Å²) in [6, 6.07) is 7.20. The molecule has 0 atom stereocenters. The van der Waals surface area contributed by atoms with E-state index < -0.39 is 17.2 Å². The molecule has 2 amide bonds. The van der Waals surface area contributed by atoms with Gasteiger partial charge in [0, 0.05) is 32.3 Å². The molecular weight excluding hydrogens is 386 g/mol. The molecule has 1 rings (SSSR count). The maximum atomic E-state index is 12.0. The number of anilines is 1. The fourth-order valence-corrected chi connectivity index (χ4v) is 2.35. The van der Waals surface area contributed by atoms with Crippen molar-refractivity contribution in [3.05, 3.63) is 24.3 Å². The third kappa shape index (κ3) is 11.1. The lowest BCUT2D eigenvalue weighted by Crippen LogP contribution is -2.54. The third-order valence-electron chi connectivity index (χ3n) is 3.58. The standard InChI is InChI=1S/C21H35N5O4/c1-15(27)25-16-9-8-10-17(13-16)29-12-11-23-18(22-7)24-14-21(5,6)26-19(28)30-20(2,3)4/h8-10,13H,11-12,14H2,1-7H3,(H,25,27)(H,26,28)(H2,22,23,24). The molecule has 0 heterocycles. The molecule has 0 aromatic heterocycles. The Balaban J connectivity index is 2.39. The number of guanidine groups is 1. The number of carbonyl (C=O) groups excluding carboxylic acids is 2. The van der Waals surface area contributed by atoms with E-state index in [0.717, 1.165) is 0 Å². The molecule has 0 aliphatic rings. The molecule has 30 heavy (non-hydrogen) atoms. The Labute approximate surface area is 179 Å². The molecule has 9 nitrogen and oxygen atoms in total. The third-order valence-corrected chi connectivity index (χ3v) is 3.58. The first kappa shape index (κ1) is 25.1. The molecule has 0 saturated carbocycles. The topological polar surface area (TPSA) is 113 Å². The Bertz CT molecular complexity index is 741. The Morgan fingerprint density at radius 1 is 1.10 bits per heavy atom. The molecular formula is C21H35N5O4. The van der Waals surface area contributed by atoms with Crippen molar-refractivity contribution >= 4 is 23.6 Å². The van der Waals surface area contributed by atoms with Crippen molar-refractivity contribution in [1.29, 1.82) is 0 Å². The number of hydrogen-bond donors (Lipinski definition) is 4. The van der Waals surface area contributed by atoms with E-state index >= 15 is 0 Å². The number of benzene rings is 1. The van der Waals surface area contributed by atoms with E-state index in [4.69, 9.17) is 9.47 Å². The summed E-state index contributed by atoms with van der Waals surface area (Å²) in [4.78, 5) is 27.3. The number of hydrogen-bond acceptors (Lipinski definition) is 5. The fourth-order valence-electron chi connectivity index (χ4n) is 2.35. The molecule has 0 spiro atoms. The van der Waals surface area contributed by atoms with Crippen LogP contribution in [0.25, 0.3) is 0 Å². The minimum absolute atomic E-state index is 0.132. The quantitative estimate of drug-likeness (QED) is 0.291. The van der Waals surface area contributed by atoms with E-state index in [9.17, 15) is 9.59 Å². The van der Waals surface area contributed by atoms with Crippen molar-refractivity contribution in [2.24, 2.45) is 4.99 Å². The number of rotatable bonds is 8. The van der Waals surface area contributed by atoms with E-state index in [-0.39, 0.29) is 5.91 Å². The molecule has 4 N–H and O–H groups in total. The summed E-state index contributed by atoms with van der Waals surface area (Å²) in [5, 5.41) is 11.9. The van der Waals surface area contributed by atoms with Crippen LogP contribution < -0.4 is 26.0 Å². The van der Waals surface area contributed by atoms with Crippen LogP contribution in [0, 0.1) is 0 Å². The molecule has 0 saturated heterocycles. The number of alkyl carbamates (subject to hydrolysis) is 1. The zero-order valence-electron chi connectivity index (χ0n) is 19.0. The molecule has 0 radical (unpaired) electrons. The second kappa shape index (κ2) is 11.3. The van der Waals surface area contributed by atoms with Crippen LogP contribution in [-0.4, -0.2) is 55.8 Å². The predicted molar refractivity (Wildman–Crippen MR) is 119 cm³/mol. The largest absolute Gasteiger partial charge is 0.492 e. The Hall–Kier alpha value is -2.97. The summed E-state index contributed by atoms with van der Waals surface area (Å²) >= 11 is 0. The number of aliphatic imine (C=N–C) groups is 1. The van der Waals surface area contributed by atoms with Crippen LogP contribution in [0.1, 0.15) is 41.5 Å². The highest BCUT2D eigenvalue weighted by molar-refractivity contribution is 5.88. The van der Waals surface area contributed by atoms with Gasteiger partial charge in [0.15, 0.2) is 5.96 Å². The minimum Gasteiger partial charge on any atom is -0.492 e. The average molecular weight is 422 g/mol. The van der Waals surface area contributed by atoms with E-state index in [1.807, 2.05) is 46.8 Å². The highest BCUT2D eigenvalue weighted by Gasteiger charge is 2.24. The Kier molecular flexibility index (Phi) is 9.42. The van der Waals surface area contributed by atoms with Gasteiger partial charge in [-0.25, -0.2) is 4.79 Å². The van der Waals surface area contributed by atoms with Gasteiger partial charge in [0.1, 0.15) is 18.0 Å². The normalized spacial score (nSPS) is 12.0. The van der Waals surface area contributed by atoms with Gasteiger partial charge in [0.05, 0.1) is 12.1 Å². The monoisotopic (exact) mass is 421 g/mol. The molecule has 9 heteroatoms. The van der Waals surface area contributed by atoms with Crippen LogP contribution in [0.15, 0.2) is 29.3 Å². The van der Waals surface area contributed by atoms with Gasteiger partial charge in [-0.1, -0.05) is 6.07 Å². The SMILES string of the molecule is CN=C(NCCOc1cccc(NC(C)=O)c1)NCC(C)(C)NC(=O)OC(C)(C)C. The second-order valence-electron chi connectivity index (χ2n) is 8.42. The summed E-state index contributed by atoms with van der Waals surface area (Å²) in [6.07, 6.45) is -0.466. The van der Waals surface area contributed by atoms with Gasteiger partial charge in [-0.05, 0) is 46.8 Å². The number of ether oxygens (including phenoxy) is 2. The zero-order chi connectivity index (χ0) is 22.8.